The minimum Gasteiger partial charge on any atom is -0.497 e. The van der Waals surface area contributed by atoms with Gasteiger partial charge in [-0.1, -0.05) is 19.1 Å². The minimum atomic E-state index is -0.919. The molecule has 0 bridgehead atoms. The van der Waals surface area contributed by atoms with E-state index in [1.165, 1.54) is 4.90 Å². The van der Waals surface area contributed by atoms with Crippen molar-refractivity contribution in [3.8, 4) is 5.75 Å². The highest BCUT2D eigenvalue weighted by Gasteiger charge is 2.41. The fourth-order valence-corrected chi connectivity index (χ4v) is 2.99. The summed E-state index contributed by atoms with van der Waals surface area (Å²) in [5.41, 5.74) is 0.665. The fourth-order valence-electron chi connectivity index (χ4n) is 2.99. The van der Waals surface area contributed by atoms with Crippen molar-refractivity contribution in [2.24, 2.45) is 5.41 Å². The maximum Gasteiger partial charge on any atom is 0.407 e. The molecule has 110 valence electrons. The molecule has 2 rings (SSSR count). The molecule has 1 fully saturated rings. The Kier molecular flexibility index (Phi) is 4.18. The van der Waals surface area contributed by atoms with Gasteiger partial charge >= 0.3 is 6.09 Å². The number of aliphatic hydroxyl groups excluding tert-OH is 1. The molecule has 1 amide bonds. The molecule has 1 heterocycles. The highest BCUT2D eigenvalue weighted by Crippen LogP contribution is 2.42. The second-order valence-corrected chi connectivity index (χ2v) is 5.63. The molecule has 1 aliphatic heterocycles. The number of carboxylic acid groups (broad SMARTS) is 1. The molecule has 2 unspecified atom stereocenters. The summed E-state index contributed by atoms with van der Waals surface area (Å²) in [4.78, 5) is 12.5. The zero-order valence-electron chi connectivity index (χ0n) is 11.9. The third-order valence-corrected chi connectivity index (χ3v) is 4.23. The molecule has 5 heteroatoms. The van der Waals surface area contributed by atoms with Crippen LogP contribution in [0.15, 0.2) is 24.3 Å². The van der Waals surface area contributed by atoms with E-state index in [1.807, 2.05) is 31.2 Å². The van der Waals surface area contributed by atoms with Crippen molar-refractivity contribution in [3.05, 3.63) is 29.8 Å². The summed E-state index contributed by atoms with van der Waals surface area (Å²) in [5, 5.41) is 18.9. The largest absolute Gasteiger partial charge is 0.497 e. The van der Waals surface area contributed by atoms with Crippen molar-refractivity contribution in [3.63, 3.8) is 0 Å². The van der Waals surface area contributed by atoms with Gasteiger partial charge in [-0.25, -0.2) is 4.79 Å². The first kappa shape index (κ1) is 14.7. The lowest BCUT2D eigenvalue weighted by molar-refractivity contribution is 0.0291. The van der Waals surface area contributed by atoms with E-state index in [4.69, 9.17) is 9.84 Å². The number of likely N-dealkylation sites (tertiary alicyclic amines) is 1. The highest BCUT2D eigenvalue weighted by atomic mass is 16.5. The fraction of sp³-hybridized carbons (Fsp3) is 0.533. The molecule has 0 spiro atoms. The first-order valence-corrected chi connectivity index (χ1v) is 6.73. The van der Waals surface area contributed by atoms with Crippen LogP contribution in [-0.4, -0.2) is 48.0 Å². The predicted octanol–water partition coefficient (Wildman–Crippen LogP) is 2.16. The number of ether oxygens (including phenoxy) is 1. The van der Waals surface area contributed by atoms with Gasteiger partial charge in [0.25, 0.3) is 0 Å². The van der Waals surface area contributed by atoms with Crippen LogP contribution in [0.25, 0.3) is 0 Å². The lowest BCUT2D eigenvalue weighted by Gasteiger charge is -2.44. The van der Waals surface area contributed by atoms with E-state index < -0.39 is 11.5 Å². The Bertz CT molecular complexity index is 473. The first-order valence-electron chi connectivity index (χ1n) is 6.73. The molecule has 1 saturated heterocycles. The minimum absolute atomic E-state index is 0.0343. The van der Waals surface area contributed by atoms with Crippen LogP contribution in [0.1, 0.15) is 24.8 Å². The molecule has 0 saturated carbocycles. The SMILES string of the molecule is COc1ccc(C2CCN(C(=O)O)CC2(C)CO)cc1. The zero-order valence-corrected chi connectivity index (χ0v) is 11.9. The summed E-state index contributed by atoms with van der Waals surface area (Å²) in [6.45, 7) is 2.77. The Morgan fingerprint density at radius 3 is 2.60 bits per heavy atom. The van der Waals surface area contributed by atoms with Crippen LogP contribution in [0.5, 0.6) is 5.75 Å². The molecule has 20 heavy (non-hydrogen) atoms. The van der Waals surface area contributed by atoms with E-state index in [2.05, 4.69) is 0 Å². The predicted molar refractivity (Wildman–Crippen MR) is 75.1 cm³/mol. The molecule has 1 aromatic carbocycles. The van der Waals surface area contributed by atoms with E-state index in [1.54, 1.807) is 7.11 Å². The van der Waals surface area contributed by atoms with Gasteiger partial charge in [-0.2, -0.15) is 0 Å². The third kappa shape index (κ3) is 2.72. The Morgan fingerprint density at radius 2 is 2.10 bits per heavy atom. The number of piperidine rings is 1. The van der Waals surface area contributed by atoms with Gasteiger partial charge in [0.2, 0.25) is 0 Å². The summed E-state index contributed by atoms with van der Waals surface area (Å²) in [6, 6.07) is 7.79. The molecular formula is C15H21NO4. The van der Waals surface area contributed by atoms with E-state index in [0.717, 1.165) is 17.7 Å². The lowest BCUT2D eigenvalue weighted by Crippen LogP contribution is -2.49. The van der Waals surface area contributed by atoms with Gasteiger partial charge in [0.05, 0.1) is 13.7 Å². The number of benzene rings is 1. The number of hydrogen-bond acceptors (Lipinski definition) is 3. The maximum absolute atomic E-state index is 11.1. The smallest absolute Gasteiger partial charge is 0.407 e. The molecule has 5 nitrogen and oxygen atoms in total. The van der Waals surface area contributed by atoms with Gasteiger partial charge < -0.3 is 19.8 Å². The number of hydrogen-bond donors (Lipinski definition) is 2. The van der Waals surface area contributed by atoms with Gasteiger partial charge in [0.1, 0.15) is 5.75 Å². The summed E-state index contributed by atoms with van der Waals surface area (Å²) in [6.07, 6.45) is -0.201. The average Bonchev–Trinajstić information content (AvgIpc) is 2.47. The van der Waals surface area contributed by atoms with Crippen molar-refractivity contribution in [2.75, 3.05) is 26.8 Å². The van der Waals surface area contributed by atoms with Crippen LogP contribution in [0.4, 0.5) is 4.79 Å². The van der Waals surface area contributed by atoms with E-state index >= 15 is 0 Å². The quantitative estimate of drug-likeness (QED) is 0.889. The van der Waals surface area contributed by atoms with Crippen molar-refractivity contribution in [2.45, 2.75) is 19.3 Å². The summed E-state index contributed by atoms with van der Waals surface area (Å²) in [7, 11) is 1.62. The van der Waals surface area contributed by atoms with Crippen molar-refractivity contribution < 1.29 is 19.7 Å². The Hall–Kier alpha value is -1.75. The summed E-state index contributed by atoms with van der Waals surface area (Å²) in [5.74, 6) is 0.941. The maximum atomic E-state index is 11.1. The molecule has 1 aliphatic rings. The van der Waals surface area contributed by atoms with Crippen LogP contribution >= 0.6 is 0 Å². The van der Waals surface area contributed by atoms with Crippen molar-refractivity contribution in [1.82, 2.24) is 4.90 Å². The molecule has 2 atom stereocenters. The van der Waals surface area contributed by atoms with Crippen molar-refractivity contribution in [1.29, 1.82) is 0 Å². The third-order valence-electron chi connectivity index (χ3n) is 4.23. The second-order valence-electron chi connectivity index (χ2n) is 5.63. The second kappa shape index (κ2) is 5.71. The number of amides is 1. The topological polar surface area (TPSA) is 70.0 Å². The molecule has 1 aromatic rings. The first-order chi connectivity index (χ1) is 9.50. The van der Waals surface area contributed by atoms with Crippen molar-refractivity contribution >= 4 is 6.09 Å². The molecule has 2 N–H and O–H groups in total. The number of nitrogens with zero attached hydrogens (tertiary/aromatic N) is 1. The number of aliphatic hydroxyl groups is 1. The van der Waals surface area contributed by atoms with Crippen LogP contribution in [0, 0.1) is 5.41 Å². The van der Waals surface area contributed by atoms with Gasteiger partial charge in [-0.3, -0.25) is 0 Å². The lowest BCUT2D eigenvalue weighted by atomic mass is 9.69. The Morgan fingerprint density at radius 1 is 1.45 bits per heavy atom. The van der Waals surface area contributed by atoms with Crippen LogP contribution < -0.4 is 4.74 Å². The van der Waals surface area contributed by atoms with Crippen LogP contribution in [-0.2, 0) is 0 Å². The molecule has 0 aromatic heterocycles. The Labute approximate surface area is 118 Å². The highest BCUT2D eigenvalue weighted by molar-refractivity contribution is 5.65. The summed E-state index contributed by atoms with van der Waals surface area (Å²) >= 11 is 0. The van der Waals surface area contributed by atoms with Gasteiger partial charge in [-0.15, -0.1) is 0 Å². The van der Waals surface area contributed by atoms with E-state index in [0.29, 0.717) is 13.1 Å². The van der Waals surface area contributed by atoms with Gasteiger partial charge in [0, 0.05) is 18.5 Å². The van der Waals surface area contributed by atoms with E-state index in [-0.39, 0.29) is 12.5 Å². The average molecular weight is 279 g/mol. The monoisotopic (exact) mass is 279 g/mol. The number of carbonyl (C=O) groups is 1. The van der Waals surface area contributed by atoms with Crippen LogP contribution in [0.2, 0.25) is 0 Å². The molecular weight excluding hydrogens is 258 g/mol. The standard InChI is InChI=1S/C15H21NO4/c1-15(10-17)9-16(14(18)19)8-7-13(15)11-3-5-12(20-2)6-4-11/h3-6,13,17H,7-10H2,1-2H3,(H,18,19). The van der Waals surface area contributed by atoms with Gasteiger partial charge in [-0.05, 0) is 30.0 Å². The summed E-state index contributed by atoms with van der Waals surface area (Å²) < 4.78 is 5.15. The molecule has 0 radical (unpaired) electrons. The zero-order chi connectivity index (χ0) is 14.8. The normalized spacial score (nSPS) is 26.4. The van der Waals surface area contributed by atoms with E-state index in [9.17, 15) is 9.90 Å². The molecule has 0 aliphatic carbocycles. The number of rotatable bonds is 3. The Balaban J connectivity index is 2.23. The van der Waals surface area contributed by atoms with Gasteiger partial charge in [0.15, 0.2) is 0 Å². The van der Waals surface area contributed by atoms with Crippen LogP contribution in [0.3, 0.4) is 0 Å². The number of methoxy groups -OCH3 is 1.